The van der Waals surface area contributed by atoms with Crippen molar-refractivity contribution >= 4 is 40.1 Å². The molecule has 1 saturated carbocycles. The molecule has 1 fully saturated rings. The number of aromatic nitrogens is 5. The van der Waals surface area contributed by atoms with E-state index < -0.39 is 71.8 Å². The van der Waals surface area contributed by atoms with Crippen LogP contribution in [0, 0.1) is 35.3 Å². The van der Waals surface area contributed by atoms with Crippen LogP contribution in [-0.2, 0) is 41.9 Å². The van der Waals surface area contributed by atoms with E-state index in [1.807, 2.05) is 0 Å². The van der Waals surface area contributed by atoms with Crippen LogP contribution in [0.2, 0.25) is 5.02 Å². The minimum Gasteiger partial charge on any atom is -0.378 e. The number of nitrogens with zero attached hydrogens (tertiary/aromatic N) is 5. The highest BCUT2D eigenvalue weighted by Crippen LogP contribution is 2.49. The number of benzene rings is 2. The number of carbonyl (C=O) groups is 2. The molecule has 0 aliphatic heterocycles. The lowest BCUT2D eigenvalue weighted by Gasteiger charge is -2.23. The Bertz CT molecular complexity index is 2530. The summed E-state index contributed by atoms with van der Waals surface area (Å²) in [6.07, 6.45) is -1.54. The molecule has 0 bridgehead atoms. The van der Waals surface area contributed by atoms with Gasteiger partial charge in [-0.1, -0.05) is 29.7 Å². The number of hydrogen-bond acceptors (Lipinski definition) is 6. The number of anilines is 1. The van der Waals surface area contributed by atoms with Crippen LogP contribution in [0.4, 0.5) is 32.2 Å². The van der Waals surface area contributed by atoms with E-state index in [1.54, 1.807) is 31.3 Å². The second kappa shape index (κ2) is 15.3. The number of alkyl halides is 4. The molecule has 2 aliphatic carbocycles. The predicted molar refractivity (Wildman–Crippen MR) is 203 cm³/mol. The summed E-state index contributed by atoms with van der Waals surface area (Å²) >= 11 is 6.70. The van der Waals surface area contributed by atoms with E-state index in [2.05, 4.69) is 39.3 Å². The molecular formula is C41H36ClF6N7O3. The Morgan fingerprint density at radius 3 is 2.41 bits per heavy atom. The van der Waals surface area contributed by atoms with Crippen LogP contribution in [0.25, 0.3) is 22.0 Å². The van der Waals surface area contributed by atoms with Gasteiger partial charge in [0.1, 0.15) is 40.9 Å². The monoisotopic (exact) mass is 823 g/mol. The lowest BCUT2D eigenvalue weighted by Crippen LogP contribution is -2.35. The normalized spacial score (nSPS) is 16.5. The van der Waals surface area contributed by atoms with E-state index >= 15 is 8.78 Å². The van der Waals surface area contributed by atoms with Crippen LogP contribution >= 0.6 is 11.6 Å². The van der Waals surface area contributed by atoms with Crippen molar-refractivity contribution in [2.45, 2.75) is 70.1 Å². The molecule has 302 valence electrons. The Morgan fingerprint density at radius 2 is 1.78 bits per heavy atom. The minimum atomic E-state index is -3.67. The average Bonchev–Trinajstić information content (AvgIpc) is 3.78. The van der Waals surface area contributed by atoms with Gasteiger partial charge in [-0.25, -0.2) is 22.5 Å². The van der Waals surface area contributed by atoms with Gasteiger partial charge in [-0.2, -0.15) is 19.0 Å². The molecular weight excluding hydrogens is 788 g/mol. The number of hydrogen-bond donors (Lipinski definition) is 3. The van der Waals surface area contributed by atoms with Gasteiger partial charge in [-0.3, -0.25) is 19.0 Å². The summed E-state index contributed by atoms with van der Waals surface area (Å²) in [4.78, 5) is 31.6. The van der Waals surface area contributed by atoms with Crippen molar-refractivity contribution in [3.63, 3.8) is 0 Å². The van der Waals surface area contributed by atoms with E-state index in [1.165, 1.54) is 18.5 Å². The maximum Gasteiger partial charge on any atom is 0.296 e. The van der Waals surface area contributed by atoms with Crippen molar-refractivity contribution in [2.75, 3.05) is 5.32 Å². The summed E-state index contributed by atoms with van der Waals surface area (Å²) in [5.74, 6) is -2.69. The minimum absolute atomic E-state index is 0.0655. The molecule has 3 aromatic heterocycles. The standard InChI is InChI=1S/C41H36ClF6N7O3/c1-5-22-17-28-34(37(45)46)52-55(36(28)41(22,47)48)19-31(56)50-30(16-20-14-23(43)18-24(44)15-20)33-26(9-8-25(49-33)12-13-40(2,3)58)27-10-11-29(42)32-35(27)54(4)53-38(32)51-39(57)21-6-7-21/h5,8-11,14-15,18,21-22,30,37,58H,1,6-7,16-17,19H2,2-4H3,(H,50,56)(H,51,53,57)/t22-,30+/m1/s1. The Hall–Kier alpha value is -5.66. The smallest absolute Gasteiger partial charge is 0.296 e. The van der Waals surface area contributed by atoms with Crippen LogP contribution in [0.1, 0.15) is 73.1 Å². The van der Waals surface area contributed by atoms with Gasteiger partial charge < -0.3 is 15.7 Å². The van der Waals surface area contributed by atoms with Crippen LogP contribution in [0.3, 0.4) is 0 Å². The van der Waals surface area contributed by atoms with Gasteiger partial charge in [0.25, 0.3) is 12.3 Å². The van der Waals surface area contributed by atoms with Crippen LogP contribution < -0.4 is 10.6 Å². The second-order valence-electron chi connectivity index (χ2n) is 14.9. The zero-order valence-corrected chi connectivity index (χ0v) is 32.1. The fraction of sp³-hybridized carbons (Fsp3) is 0.341. The third kappa shape index (κ3) is 8.06. The van der Waals surface area contributed by atoms with Gasteiger partial charge in [0.15, 0.2) is 5.82 Å². The van der Waals surface area contributed by atoms with Crippen molar-refractivity contribution in [1.82, 2.24) is 29.9 Å². The van der Waals surface area contributed by atoms with Gasteiger partial charge in [-0.15, -0.1) is 6.58 Å². The molecule has 0 saturated heterocycles. The highest BCUT2D eigenvalue weighted by Gasteiger charge is 2.52. The summed E-state index contributed by atoms with van der Waals surface area (Å²) in [5, 5.41) is 24.8. The molecule has 58 heavy (non-hydrogen) atoms. The zero-order valence-electron chi connectivity index (χ0n) is 31.3. The van der Waals surface area contributed by atoms with Crippen molar-refractivity contribution in [3.8, 4) is 23.0 Å². The van der Waals surface area contributed by atoms with E-state index in [0.717, 1.165) is 31.1 Å². The molecule has 17 heteroatoms. The number of pyridine rings is 1. The molecule has 0 unspecified atom stereocenters. The fourth-order valence-corrected chi connectivity index (χ4v) is 7.44. The first-order valence-electron chi connectivity index (χ1n) is 18.2. The summed E-state index contributed by atoms with van der Waals surface area (Å²) in [6.45, 7) is 5.39. The predicted octanol–water partition coefficient (Wildman–Crippen LogP) is 7.72. The van der Waals surface area contributed by atoms with E-state index in [0.29, 0.717) is 32.8 Å². The molecule has 2 atom stereocenters. The van der Waals surface area contributed by atoms with E-state index in [9.17, 15) is 32.3 Å². The first kappa shape index (κ1) is 40.5. The third-order valence-electron chi connectivity index (χ3n) is 9.94. The zero-order chi connectivity index (χ0) is 41.8. The van der Waals surface area contributed by atoms with Crippen molar-refractivity contribution in [2.24, 2.45) is 18.9 Å². The van der Waals surface area contributed by atoms with Crippen molar-refractivity contribution < 1.29 is 41.0 Å². The number of amides is 2. The van der Waals surface area contributed by atoms with Gasteiger partial charge in [0, 0.05) is 35.7 Å². The number of allylic oxidation sites excluding steroid dienone is 1. The maximum atomic E-state index is 15.6. The second-order valence-corrected chi connectivity index (χ2v) is 15.3. The van der Waals surface area contributed by atoms with Gasteiger partial charge in [-0.05, 0) is 81.3 Å². The van der Waals surface area contributed by atoms with E-state index in [4.69, 9.17) is 16.6 Å². The lowest BCUT2D eigenvalue weighted by atomic mass is 9.93. The number of aryl methyl sites for hydroxylation is 1. The first-order chi connectivity index (χ1) is 27.3. The molecule has 3 heterocycles. The highest BCUT2D eigenvalue weighted by molar-refractivity contribution is 6.37. The number of rotatable bonds is 11. The SMILES string of the molecule is C=C[C@@H]1Cc2c(C(F)F)nn(CC(=O)N[C@@H](Cc3cc(F)cc(F)c3)c3nc(C#CC(C)(C)O)ccc3-c3ccc(Cl)c4c(NC(=O)C5CC5)nn(C)c34)c2C1(F)F. The number of nitrogens with one attached hydrogen (secondary N) is 2. The topological polar surface area (TPSA) is 127 Å². The summed E-state index contributed by atoms with van der Waals surface area (Å²) in [7, 11) is 1.63. The molecule has 2 aliphatic rings. The Morgan fingerprint density at radius 1 is 1.09 bits per heavy atom. The lowest BCUT2D eigenvalue weighted by molar-refractivity contribution is -0.123. The molecule has 3 N–H and O–H groups in total. The number of carbonyl (C=O) groups excluding carboxylic acids is 2. The molecule has 7 rings (SSSR count). The summed E-state index contributed by atoms with van der Waals surface area (Å²) in [6, 6.07) is 7.84. The van der Waals surface area contributed by atoms with Gasteiger partial charge in [0.05, 0.1) is 33.6 Å². The molecule has 5 aromatic rings. The number of fused-ring (bicyclic) bond motifs is 2. The molecule has 10 nitrogen and oxygen atoms in total. The van der Waals surface area contributed by atoms with E-state index in [-0.39, 0.29) is 51.6 Å². The number of aliphatic hydroxyl groups is 1. The quantitative estimate of drug-likeness (QED) is 0.0712. The highest BCUT2D eigenvalue weighted by atomic mass is 35.5. The summed E-state index contributed by atoms with van der Waals surface area (Å²) < 4.78 is 90.5. The van der Waals surface area contributed by atoms with Crippen molar-refractivity contribution in [3.05, 3.63) is 106 Å². The van der Waals surface area contributed by atoms with Gasteiger partial charge in [0.2, 0.25) is 11.8 Å². The van der Waals surface area contributed by atoms with Crippen LogP contribution in [-0.4, -0.2) is 47.1 Å². The largest absolute Gasteiger partial charge is 0.378 e. The molecule has 0 radical (unpaired) electrons. The Balaban J connectivity index is 1.37. The third-order valence-corrected chi connectivity index (χ3v) is 10.3. The molecule has 0 spiro atoms. The molecule has 2 amide bonds. The fourth-order valence-electron chi connectivity index (χ4n) is 7.20. The van der Waals surface area contributed by atoms with Gasteiger partial charge >= 0.3 is 0 Å². The maximum absolute atomic E-state index is 15.6. The summed E-state index contributed by atoms with van der Waals surface area (Å²) in [5.41, 5.74) is -2.07. The number of halogens is 7. The average molecular weight is 824 g/mol. The van der Waals surface area contributed by atoms with Crippen molar-refractivity contribution in [1.29, 1.82) is 0 Å². The first-order valence-corrected chi connectivity index (χ1v) is 18.6. The van der Waals surface area contributed by atoms with Crippen LogP contribution in [0.15, 0.2) is 55.1 Å². The van der Waals surface area contributed by atoms with Crippen LogP contribution in [0.5, 0.6) is 0 Å². The molecule has 2 aromatic carbocycles. The Labute approximate surface area is 333 Å². The Kier molecular flexibility index (Phi) is 10.7.